The molecule has 6 nitrogen and oxygen atoms in total. The third-order valence-corrected chi connectivity index (χ3v) is 3.40. The van der Waals surface area contributed by atoms with Crippen LogP contribution in [0.4, 0.5) is 5.69 Å². The number of carbonyl (C=O) groups excluding carboxylic acids is 1. The van der Waals surface area contributed by atoms with E-state index in [1.165, 1.54) is 18.3 Å². The van der Waals surface area contributed by atoms with Gasteiger partial charge in [0.15, 0.2) is 0 Å². The number of anilines is 1. The molecule has 0 atom stereocenters. The number of pyridine rings is 1. The lowest BCUT2D eigenvalue weighted by Gasteiger charge is -2.09. The van der Waals surface area contributed by atoms with Gasteiger partial charge in [-0.3, -0.25) is 9.59 Å². The van der Waals surface area contributed by atoms with Crippen LogP contribution in [0.1, 0.15) is 10.4 Å². The maximum absolute atomic E-state index is 11.9. The number of aromatic nitrogens is 1. The van der Waals surface area contributed by atoms with E-state index >= 15 is 0 Å². The van der Waals surface area contributed by atoms with Gasteiger partial charge in [-0.1, -0.05) is 12.1 Å². The van der Waals surface area contributed by atoms with E-state index in [0.717, 1.165) is 4.57 Å². The fourth-order valence-electron chi connectivity index (χ4n) is 1.73. The van der Waals surface area contributed by atoms with E-state index in [9.17, 15) is 14.4 Å². The largest absolute Gasteiger partial charge is 0.477 e. The summed E-state index contributed by atoms with van der Waals surface area (Å²) in [5.41, 5.74) is -0.511. The van der Waals surface area contributed by atoms with Crippen LogP contribution in [0.3, 0.4) is 0 Å². The molecule has 0 radical (unpaired) electrons. The number of halogens is 1. The van der Waals surface area contributed by atoms with E-state index in [1.807, 2.05) is 0 Å². The SMILES string of the molecule is O=C(Cn1cccc(C(=O)O)c1=O)Nc1ccccc1Br. The Morgan fingerprint density at radius 1 is 1.19 bits per heavy atom. The fourth-order valence-corrected chi connectivity index (χ4v) is 2.12. The molecule has 0 saturated carbocycles. The quantitative estimate of drug-likeness (QED) is 0.881. The van der Waals surface area contributed by atoms with Crippen molar-refractivity contribution in [3.05, 3.63) is 63.0 Å². The summed E-state index contributed by atoms with van der Waals surface area (Å²) < 4.78 is 1.76. The van der Waals surface area contributed by atoms with Crippen LogP contribution in [0.25, 0.3) is 0 Å². The summed E-state index contributed by atoms with van der Waals surface area (Å²) in [4.78, 5) is 34.7. The molecule has 21 heavy (non-hydrogen) atoms. The fraction of sp³-hybridized carbons (Fsp3) is 0.0714. The lowest BCUT2D eigenvalue weighted by Crippen LogP contribution is -2.30. The number of hydrogen-bond acceptors (Lipinski definition) is 3. The zero-order valence-electron chi connectivity index (χ0n) is 10.7. The Hall–Kier alpha value is -2.41. The highest BCUT2D eigenvalue weighted by Crippen LogP contribution is 2.20. The van der Waals surface area contributed by atoms with E-state index in [2.05, 4.69) is 21.2 Å². The van der Waals surface area contributed by atoms with E-state index in [-0.39, 0.29) is 12.1 Å². The number of carboxylic acids is 1. The van der Waals surface area contributed by atoms with Gasteiger partial charge in [-0.15, -0.1) is 0 Å². The predicted octanol–water partition coefficient (Wildman–Crippen LogP) is 1.95. The van der Waals surface area contributed by atoms with Crippen molar-refractivity contribution >= 4 is 33.5 Å². The number of nitrogens with zero attached hydrogens (tertiary/aromatic N) is 1. The maximum atomic E-state index is 11.9. The van der Waals surface area contributed by atoms with E-state index in [4.69, 9.17) is 5.11 Å². The first-order valence-corrected chi connectivity index (χ1v) is 6.75. The molecule has 0 unspecified atom stereocenters. The zero-order chi connectivity index (χ0) is 15.4. The first-order valence-electron chi connectivity index (χ1n) is 5.96. The zero-order valence-corrected chi connectivity index (χ0v) is 12.3. The average molecular weight is 351 g/mol. The number of benzene rings is 1. The Kier molecular flexibility index (Phi) is 4.54. The average Bonchev–Trinajstić information content (AvgIpc) is 2.43. The molecule has 108 valence electrons. The van der Waals surface area contributed by atoms with Crippen molar-refractivity contribution in [1.82, 2.24) is 4.57 Å². The lowest BCUT2D eigenvalue weighted by atomic mass is 10.3. The van der Waals surface area contributed by atoms with Crippen LogP contribution in [-0.2, 0) is 11.3 Å². The Labute approximate surface area is 128 Å². The summed E-state index contributed by atoms with van der Waals surface area (Å²) in [5.74, 6) is -1.74. The number of aromatic carboxylic acids is 1. The molecule has 0 bridgehead atoms. The molecule has 1 heterocycles. The van der Waals surface area contributed by atoms with Crippen molar-refractivity contribution in [3.63, 3.8) is 0 Å². The summed E-state index contributed by atoms with van der Waals surface area (Å²) in [6, 6.07) is 9.66. The van der Waals surface area contributed by atoms with E-state index in [1.54, 1.807) is 24.3 Å². The molecule has 0 aliphatic rings. The molecule has 7 heteroatoms. The molecule has 0 fully saturated rings. The van der Waals surface area contributed by atoms with Gasteiger partial charge in [-0.05, 0) is 40.2 Å². The Morgan fingerprint density at radius 2 is 1.90 bits per heavy atom. The van der Waals surface area contributed by atoms with Crippen molar-refractivity contribution < 1.29 is 14.7 Å². The number of rotatable bonds is 4. The summed E-state index contributed by atoms with van der Waals surface area (Å²) in [6.07, 6.45) is 1.37. The van der Waals surface area contributed by atoms with Crippen LogP contribution in [0.2, 0.25) is 0 Å². The minimum absolute atomic E-state index is 0.263. The molecule has 1 aromatic heterocycles. The molecule has 1 aromatic carbocycles. The van der Waals surface area contributed by atoms with Gasteiger partial charge in [0.2, 0.25) is 5.91 Å². The smallest absolute Gasteiger partial charge is 0.341 e. The number of nitrogens with one attached hydrogen (secondary N) is 1. The highest BCUT2D eigenvalue weighted by atomic mass is 79.9. The van der Waals surface area contributed by atoms with E-state index in [0.29, 0.717) is 10.2 Å². The normalized spacial score (nSPS) is 10.1. The summed E-state index contributed by atoms with van der Waals surface area (Å²) >= 11 is 3.29. The van der Waals surface area contributed by atoms with Crippen molar-refractivity contribution in [2.45, 2.75) is 6.54 Å². The summed E-state index contributed by atoms with van der Waals surface area (Å²) in [7, 11) is 0. The van der Waals surface area contributed by atoms with Crippen molar-refractivity contribution in [3.8, 4) is 0 Å². The van der Waals surface area contributed by atoms with Crippen molar-refractivity contribution in [2.75, 3.05) is 5.32 Å². The number of hydrogen-bond donors (Lipinski definition) is 2. The number of carboxylic acid groups (broad SMARTS) is 1. The molecular formula is C14H11BrN2O4. The second kappa shape index (κ2) is 6.36. The standard InChI is InChI=1S/C14H11BrN2O4/c15-10-5-1-2-6-11(10)16-12(18)8-17-7-3-4-9(13(17)19)14(20)21/h1-7H,8H2,(H,16,18)(H,20,21). The van der Waals surface area contributed by atoms with Gasteiger partial charge in [-0.25, -0.2) is 4.79 Å². The number of carbonyl (C=O) groups is 2. The third kappa shape index (κ3) is 3.57. The molecule has 2 aromatic rings. The summed E-state index contributed by atoms with van der Waals surface area (Å²) in [6.45, 7) is -0.263. The molecule has 2 N–H and O–H groups in total. The van der Waals surface area contributed by atoms with Crippen LogP contribution in [0, 0.1) is 0 Å². The van der Waals surface area contributed by atoms with Gasteiger partial charge in [0, 0.05) is 10.7 Å². The Bertz CT molecular complexity index is 755. The molecule has 0 aliphatic heterocycles. The monoisotopic (exact) mass is 350 g/mol. The van der Waals surface area contributed by atoms with Gasteiger partial charge >= 0.3 is 5.97 Å². The van der Waals surface area contributed by atoms with Gasteiger partial charge < -0.3 is 15.0 Å². The van der Waals surface area contributed by atoms with Crippen LogP contribution >= 0.6 is 15.9 Å². The van der Waals surface area contributed by atoms with Gasteiger partial charge in [0.1, 0.15) is 12.1 Å². The van der Waals surface area contributed by atoms with Crippen LogP contribution in [0.5, 0.6) is 0 Å². The minimum atomic E-state index is -1.32. The van der Waals surface area contributed by atoms with E-state index < -0.39 is 17.4 Å². The summed E-state index contributed by atoms with van der Waals surface area (Å²) in [5, 5.41) is 11.5. The van der Waals surface area contributed by atoms with Crippen LogP contribution in [-0.4, -0.2) is 21.6 Å². The molecular weight excluding hydrogens is 340 g/mol. The van der Waals surface area contributed by atoms with Gasteiger partial charge in [0.25, 0.3) is 5.56 Å². The van der Waals surface area contributed by atoms with Crippen molar-refractivity contribution in [1.29, 1.82) is 0 Å². The highest BCUT2D eigenvalue weighted by Gasteiger charge is 2.12. The number of amides is 1. The first-order chi connectivity index (χ1) is 9.99. The Balaban J connectivity index is 2.18. The molecule has 1 amide bonds. The molecule has 0 spiro atoms. The second-order valence-electron chi connectivity index (χ2n) is 4.19. The topological polar surface area (TPSA) is 88.4 Å². The minimum Gasteiger partial charge on any atom is -0.477 e. The maximum Gasteiger partial charge on any atom is 0.341 e. The third-order valence-electron chi connectivity index (χ3n) is 2.71. The second-order valence-corrected chi connectivity index (χ2v) is 5.04. The first kappa shape index (κ1) is 15.0. The van der Waals surface area contributed by atoms with Gasteiger partial charge in [0.05, 0.1) is 5.69 Å². The Morgan fingerprint density at radius 3 is 2.57 bits per heavy atom. The van der Waals surface area contributed by atoms with Gasteiger partial charge in [-0.2, -0.15) is 0 Å². The van der Waals surface area contributed by atoms with Crippen LogP contribution in [0.15, 0.2) is 51.9 Å². The highest BCUT2D eigenvalue weighted by molar-refractivity contribution is 9.10. The molecule has 0 aliphatic carbocycles. The lowest BCUT2D eigenvalue weighted by molar-refractivity contribution is -0.116. The van der Waals surface area contributed by atoms with Crippen LogP contribution < -0.4 is 10.9 Å². The molecule has 2 rings (SSSR count). The predicted molar refractivity (Wildman–Crippen MR) is 80.4 cm³/mol. The van der Waals surface area contributed by atoms with Crippen molar-refractivity contribution in [2.24, 2.45) is 0 Å². The number of para-hydroxylation sites is 1. The molecule has 0 saturated heterocycles.